The molecule has 0 aromatic carbocycles. The van der Waals surface area contributed by atoms with Crippen LogP contribution >= 0.6 is 0 Å². The molecule has 190 valence electrons. The van der Waals surface area contributed by atoms with Gasteiger partial charge in [0.1, 0.15) is 6.10 Å². The summed E-state index contributed by atoms with van der Waals surface area (Å²) in [5.74, 6) is 2.58. The lowest BCUT2D eigenvalue weighted by atomic mass is 9.48. The van der Waals surface area contributed by atoms with Crippen LogP contribution in [0.15, 0.2) is 23.3 Å². The molecule has 0 aliphatic heterocycles. The Morgan fingerprint density at radius 2 is 1.79 bits per heavy atom. The third-order valence-corrected chi connectivity index (χ3v) is 10.6. The van der Waals surface area contributed by atoms with E-state index >= 15 is 0 Å². The molecule has 4 rings (SSSR count). The fourth-order valence-electron chi connectivity index (χ4n) is 8.21. The zero-order chi connectivity index (χ0) is 25.1. The van der Waals surface area contributed by atoms with Crippen LogP contribution in [0.25, 0.3) is 0 Å². The molecule has 0 radical (unpaired) electrons. The second kappa shape index (κ2) is 8.91. The monoisotopic (exact) mass is 470 g/mol. The van der Waals surface area contributed by atoms with Gasteiger partial charge in [-0.15, -0.1) is 0 Å². The van der Waals surface area contributed by atoms with Crippen LogP contribution in [-0.2, 0) is 14.3 Å². The maximum absolute atomic E-state index is 13.9. The topological polar surface area (TPSA) is 63.6 Å². The van der Waals surface area contributed by atoms with E-state index in [0.717, 1.165) is 18.4 Å². The summed E-state index contributed by atoms with van der Waals surface area (Å²) in [6.07, 6.45) is 10.8. The van der Waals surface area contributed by atoms with Crippen molar-refractivity contribution in [3.8, 4) is 0 Å². The number of ketones is 1. The summed E-state index contributed by atoms with van der Waals surface area (Å²) in [6.45, 7) is 15.1. The average molecular weight is 471 g/mol. The van der Waals surface area contributed by atoms with E-state index in [1.165, 1.54) is 18.9 Å². The molecule has 4 heteroatoms. The van der Waals surface area contributed by atoms with Gasteiger partial charge >= 0.3 is 5.97 Å². The minimum Gasteiger partial charge on any atom is -0.462 e. The number of esters is 1. The maximum Gasteiger partial charge on any atom is 0.302 e. The van der Waals surface area contributed by atoms with Crippen molar-refractivity contribution >= 4 is 11.8 Å². The predicted molar refractivity (Wildman–Crippen MR) is 135 cm³/mol. The largest absolute Gasteiger partial charge is 0.462 e. The SMILES string of the molecule is CC(=O)O[C@@H]1CC[C@]2(C)C3=C(CC[C@@]2(O)C1)[C@@H]1CC[C@@H]([C@H](C)/C=C/[C@H](C)C(C)C)[C@]1(C)CC3=O. The Morgan fingerprint density at radius 3 is 2.44 bits per heavy atom. The Balaban J connectivity index is 1.62. The first-order valence-electron chi connectivity index (χ1n) is 13.7. The molecule has 0 heterocycles. The lowest BCUT2D eigenvalue weighted by Gasteiger charge is -2.58. The number of Topliss-reactive ketones (excluding diaryl/α,β-unsaturated/α-hetero) is 1. The molecular weight excluding hydrogens is 424 g/mol. The minimum atomic E-state index is -0.978. The molecule has 2 saturated carbocycles. The number of carbonyl (C=O) groups is 2. The minimum absolute atomic E-state index is 0.00149. The zero-order valence-corrected chi connectivity index (χ0v) is 22.4. The van der Waals surface area contributed by atoms with Crippen molar-refractivity contribution in [2.75, 3.05) is 0 Å². The van der Waals surface area contributed by atoms with Crippen LogP contribution in [0.5, 0.6) is 0 Å². The van der Waals surface area contributed by atoms with Crippen LogP contribution < -0.4 is 0 Å². The Morgan fingerprint density at radius 1 is 1.09 bits per heavy atom. The van der Waals surface area contributed by atoms with Gasteiger partial charge in [-0.2, -0.15) is 0 Å². The Bertz CT molecular complexity index is 899. The molecule has 34 heavy (non-hydrogen) atoms. The highest BCUT2D eigenvalue weighted by Crippen LogP contribution is 2.65. The molecule has 4 aliphatic carbocycles. The number of aliphatic hydroxyl groups is 1. The number of hydrogen-bond acceptors (Lipinski definition) is 4. The number of hydrogen-bond donors (Lipinski definition) is 1. The Labute approximate surface area is 206 Å². The van der Waals surface area contributed by atoms with E-state index in [1.54, 1.807) is 0 Å². The van der Waals surface area contributed by atoms with Gasteiger partial charge in [0.2, 0.25) is 0 Å². The molecule has 0 amide bonds. The number of fused-ring (bicyclic) bond motifs is 4. The molecule has 1 N–H and O–H groups in total. The van der Waals surface area contributed by atoms with Crippen molar-refractivity contribution in [2.45, 2.75) is 112 Å². The predicted octanol–water partition coefficient (Wildman–Crippen LogP) is 6.42. The van der Waals surface area contributed by atoms with Crippen LogP contribution in [0.3, 0.4) is 0 Å². The standard InChI is InChI=1S/C30H46O4/c1-18(2)19(3)8-9-20(4)24-10-11-25-23-13-15-30(33)16-22(34-21(5)31)12-14-29(30,7)27(23)26(32)17-28(24,25)6/h8-9,18-20,22,24-25,33H,10-17H2,1-7H3/b9-8+/t19-,20+,22+,24-,25-,28-,29+,30+/m0/s1. The molecule has 0 aromatic heterocycles. The molecule has 2 fully saturated rings. The van der Waals surface area contributed by atoms with Crippen LogP contribution in [0.2, 0.25) is 0 Å². The van der Waals surface area contributed by atoms with Gasteiger partial charge in [-0.05, 0) is 73.5 Å². The van der Waals surface area contributed by atoms with Gasteiger partial charge in [-0.25, -0.2) is 0 Å². The molecule has 0 aromatic rings. The number of ether oxygens (including phenoxy) is 1. The van der Waals surface area contributed by atoms with E-state index in [1.807, 2.05) is 0 Å². The van der Waals surface area contributed by atoms with Crippen molar-refractivity contribution in [1.29, 1.82) is 0 Å². The first-order chi connectivity index (χ1) is 15.8. The Kier molecular flexibility index (Phi) is 6.72. The highest BCUT2D eigenvalue weighted by atomic mass is 16.5. The van der Waals surface area contributed by atoms with Gasteiger partial charge in [0.25, 0.3) is 0 Å². The van der Waals surface area contributed by atoms with Crippen molar-refractivity contribution in [1.82, 2.24) is 0 Å². The fourth-order valence-corrected chi connectivity index (χ4v) is 8.21. The molecule has 4 aliphatic rings. The average Bonchev–Trinajstić information content (AvgIpc) is 3.08. The van der Waals surface area contributed by atoms with E-state index in [-0.39, 0.29) is 23.3 Å². The summed E-state index contributed by atoms with van der Waals surface area (Å²) in [7, 11) is 0. The van der Waals surface area contributed by atoms with Crippen LogP contribution in [0.1, 0.15) is 99.8 Å². The molecule has 0 saturated heterocycles. The fraction of sp³-hybridized carbons (Fsp3) is 0.800. The van der Waals surface area contributed by atoms with Crippen LogP contribution in [0.4, 0.5) is 0 Å². The maximum atomic E-state index is 13.9. The second-order valence-electron chi connectivity index (χ2n) is 12.9. The molecule has 0 spiro atoms. The molecule has 8 atom stereocenters. The van der Waals surface area contributed by atoms with Crippen molar-refractivity contribution < 1.29 is 19.4 Å². The van der Waals surface area contributed by atoms with Gasteiger partial charge in [0.15, 0.2) is 5.78 Å². The number of carbonyl (C=O) groups excluding carboxylic acids is 2. The van der Waals surface area contributed by atoms with E-state index < -0.39 is 11.0 Å². The van der Waals surface area contributed by atoms with E-state index in [0.29, 0.717) is 61.7 Å². The van der Waals surface area contributed by atoms with Gasteiger partial charge < -0.3 is 9.84 Å². The van der Waals surface area contributed by atoms with Crippen molar-refractivity contribution in [2.24, 2.45) is 40.4 Å². The number of rotatable bonds is 5. The summed E-state index contributed by atoms with van der Waals surface area (Å²) in [5.41, 5.74) is 0.788. The molecule has 0 bridgehead atoms. The highest BCUT2D eigenvalue weighted by molar-refractivity contribution is 5.99. The molecule has 0 unspecified atom stereocenters. The summed E-state index contributed by atoms with van der Waals surface area (Å²) in [6, 6.07) is 0. The summed E-state index contributed by atoms with van der Waals surface area (Å²) in [4.78, 5) is 25.4. The third kappa shape index (κ3) is 4.02. The van der Waals surface area contributed by atoms with Gasteiger partial charge in [0.05, 0.1) is 5.60 Å². The number of allylic oxidation sites excluding steroid dienone is 3. The Hall–Kier alpha value is -1.42. The van der Waals surface area contributed by atoms with Crippen LogP contribution in [0, 0.1) is 40.4 Å². The van der Waals surface area contributed by atoms with Gasteiger partial charge in [0, 0.05) is 30.8 Å². The third-order valence-electron chi connectivity index (χ3n) is 10.6. The van der Waals surface area contributed by atoms with Gasteiger partial charge in [-0.3, -0.25) is 9.59 Å². The second-order valence-corrected chi connectivity index (χ2v) is 12.9. The molecule has 4 nitrogen and oxygen atoms in total. The summed E-state index contributed by atoms with van der Waals surface area (Å²) in [5, 5.41) is 11.8. The van der Waals surface area contributed by atoms with E-state index in [2.05, 4.69) is 53.7 Å². The summed E-state index contributed by atoms with van der Waals surface area (Å²) < 4.78 is 5.49. The first kappa shape index (κ1) is 25.7. The van der Waals surface area contributed by atoms with E-state index in [9.17, 15) is 14.7 Å². The quantitative estimate of drug-likeness (QED) is 0.372. The van der Waals surface area contributed by atoms with Gasteiger partial charge in [-0.1, -0.05) is 59.3 Å². The normalized spacial score (nSPS) is 41.8. The van der Waals surface area contributed by atoms with Crippen LogP contribution in [-0.4, -0.2) is 28.6 Å². The smallest absolute Gasteiger partial charge is 0.302 e. The zero-order valence-electron chi connectivity index (χ0n) is 22.4. The van der Waals surface area contributed by atoms with Crippen molar-refractivity contribution in [3.63, 3.8) is 0 Å². The first-order valence-corrected chi connectivity index (χ1v) is 13.7. The molecular formula is C30H46O4. The van der Waals surface area contributed by atoms with E-state index in [4.69, 9.17) is 4.74 Å². The summed E-state index contributed by atoms with van der Waals surface area (Å²) >= 11 is 0. The lowest BCUT2D eigenvalue weighted by Crippen LogP contribution is -2.59. The highest BCUT2D eigenvalue weighted by Gasteiger charge is 2.62. The lowest BCUT2D eigenvalue weighted by molar-refractivity contribution is -0.169. The van der Waals surface area contributed by atoms with Crippen molar-refractivity contribution in [3.05, 3.63) is 23.3 Å².